The summed E-state index contributed by atoms with van der Waals surface area (Å²) >= 11 is 0. The maximum Gasteiger partial charge on any atom is 0.307 e. The number of carboxylic acid groups (broad SMARTS) is 1. The van der Waals surface area contributed by atoms with Gasteiger partial charge in [0.2, 0.25) is 5.91 Å². The molecule has 25 heavy (non-hydrogen) atoms. The Balaban J connectivity index is 1.81. The van der Waals surface area contributed by atoms with Crippen LogP contribution in [0.3, 0.4) is 0 Å². The molecule has 132 valence electrons. The predicted molar refractivity (Wildman–Crippen MR) is 92.3 cm³/mol. The highest BCUT2D eigenvalue weighted by Gasteiger charge is 2.09. The van der Waals surface area contributed by atoms with Gasteiger partial charge in [0.1, 0.15) is 11.6 Å². The van der Waals surface area contributed by atoms with Crippen molar-refractivity contribution in [2.45, 2.75) is 25.7 Å². The number of hydrogen-bond donors (Lipinski definition) is 2. The Labute approximate surface area is 145 Å². The van der Waals surface area contributed by atoms with Gasteiger partial charge in [0.25, 0.3) is 0 Å². The molecule has 5 nitrogen and oxygen atoms in total. The molecule has 0 saturated carbocycles. The third-order valence-corrected chi connectivity index (χ3v) is 3.71. The van der Waals surface area contributed by atoms with Crippen LogP contribution in [0.5, 0.6) is 5.75 Å². The number of rotatable bonds is 8. The molecule has 0 bridgehead atoms. The average Bonchev–Trinajstić information content (AvgIpc) is 2.57. The van der Waals surface area contributed by atoms with Crippen LogP contribution in [0.2, 0.25) is 0 Å². The molecule has 0 radical (unpaired) electrons. The van der Waals surface area contributed by atoms with E-state index in [0.29, 0.717) is 18.5 Å². The van der Waals surface area contributed by atoms with Gasteiger partial charge in [-0.25, -0.2) is 4.39 Å². The minimum absolute atomic E-state index is 0.0880. The maximum absolute atomic E-state index is 13.8. The van der Waals surface area contributed by atoms with E-state index in [2.05, 4.69) is 5.32 Å². The van der Waals surface area contributed by atoms with Gasteiger partial charge in [0, 0.05) is 12.1 Å². The summed E-state index contributed by atoms with van der Waals surface area (Å²) in [6.07, 6.45) is 1.34. The highest BCUT2D eigenvalue weighted by Crippen LogP contribution is 2.16. The average molecular weight is 345 g/mol. The smallest absolute Gasteiger partial charge is 0.307 e. The van der Waals surface area contributed by atoms with Crippen molar-refractivity contribution in [1.29, 1.82) is 0 Å². The van der Waals surface area contributed by atoms with Crippen LogP contribution in [0.1, 0.15) is 24.0 Å². The first-order valence-corrected chi connectivity index (χ1v) is 7.91. The minimum Gasteiger partial charge on any atom is -0.497 e. The fourth-order valence-electron chi connectivity index (χ4n) is 2.40. The number of amides is 1. The molecule has 0 unspecified atom stereocenters. The number of anilines is 1. The van der Waals surface area contributed by atoms with Gasteiger partial charge in [0.05, 0.1) is 13.5 Å². The van der Waals surface area contributed by atoms with Crippen molar-refractivity contribution in [1.82, 2.24) is 0 Å². The number of carboxylic acids is 1. The summed E-state index contributed by atoms with van der Waals surface area (Å²) < 4.78 is 18.9. The second kappa shape index (κ2) is 8.82. The first-order valence-electron chi connectivity index (χ1n) is 7.91. The number of methoxy groups -OCH3 is 1. The summed E-state index contributed by atoms with van der Waals surface area (Å²) in [6, 6.07) is 11.7. The molecule has 0 aliphatic carbocycles. The van der Waals surface area contributed by atoms with Gasteiger partial charge in [-0.05, 0) is 48.2 Å². The Hall–Kier alpha value is -2.89. The quantitative estimate of drug-likeness (QED) is 0.769. The lowest BCUT2D eigenvalue weighted by molar-refractivity contribution is -0.136. The van der Waals surface area contributed by atoms with Crippen LogP contribution >= 0.6 is 0 Å². The molecule has 2 N–H and O–H groups in total. The summed E-state index contributed by atoms with van der Waals surface area (Å²) in [5.41, 5.74) is 1.52. The van der Waals surface area contributed by atoms with Crippen LogP contribution in [0.4, 0.5) is 10.1 Å². The standard InChI is InChI=1S/C19H20FNO4/c1-25-16-9-5-13(6-10-16)3-2-4-18(22)21-15-8-7-14(11-19(23)24)17(20)12-15/h5-10,12H,2-4,11H2,1H3,(H,21,22)(H,23,24). The van der Waals surface area contributed by atoms with Gasteiger partial charge in [-0.3, -0.25) is 9.59 Å². The molecule has 6 heteroatoms. The third-order valence-electron chi connectivity index (χ3n) is 3.71. The molecule has 0 heterocycles. The Bertz CT molecular complexity index is 744. The molecule has 0 aliphatic heterocycles. The lowest BCUT2D eigenvalue weighted by Crippen LogP contribution is -2.12. The second-order valence-electron chi connectivity index (χ2n) is 5.63. The van der Waals surface area contributed by atoms with E-state index < -0.39 is 11.8 Å². The van der Waals surface area contributed by atoms with Crippen molar-refractivity contribution in [3.8, 4) is 5.75 Å². The summed E-state index contributed by atoms with van der Waals surface area (Å²) in [6.45, 7) is 0. The molecule has 0 aliphatic rings. The highest BCUT2D eigenvalue weighted by atomic mass is 19.1. The second-order valence-corrected chi connectivity index (χ2v) is 5.63. The van der Waals surface area contributed by atoms with E-state index in [9.17, 15) is 14.0 Å². The molecular formula is C19H20FNO4. The van der Waals surface area contributed by atoms with Gasteiger partial charge < -0.3 is 15.2 Å². The number of carbonyl (C=O) groups is 2. The summed E-state index contributed by atoms with van der Waals surface area (Å²) in [7, 11) is 1.61. The van der Waals surface area contributed by atoms with Gasteiger partial charge in [-0.2, -0.15) is 0 Å². The maximum atomic E-state index is 13.8. The molecule has 0 fully saturated rings. The summed E-state index contributed by atoms with van der Waals surface area (Å²) in [4.78, 5) is 22.5. The van der Waals surface area contributed by atoms with E-state index in [1.807, 2.05) is 24.3 Å². The fraction of sp³-hybridized carbons (Fsp3) is 0.263. The third kappa shape index (κ3) is 5.91. The lowest BCUT2D eigenvalue weighted by Gasteiger charge is -2.08. The number of aryl methyl sites for hydroxylation is 1. The van der Waals surface area contributed by atoms with Crippen LogP contribution in [-0.2, 0) is 22.4 Å². The summed E-state index contributed by atoms with van der Waals surface area (Å²) in [5, 5.41) is 11.3. The molecule has 0 spiro atoms. The van der Waals surface area contributed by atoms with Gasteiger partial charge >= 0.3 is 5.97 Å². The van der Waals surface area contributed by atoms with Crippen LogP contribution in [0.25, 0.3) is 0 Å². The lowest BCUT2D eigenvalue weighted by atomic mass is 10.1. The normalized spacial score (nSPS) is 10.3. The largest absolute Gasteiger partial charge is 0.497 e. The van der Waals surface area contributed by atoms with Crippen molar-refractivity contribution < 1.29 is 23.8 Å². The molecule has 0 saturated heterocycles. The van der Waals surface area contributed by atoms with Crippen molar-refractivity contribution in [2.75, 3.05) is 12.4 Å². The molecule has 0 aromatic heterocycles. The zero-order valence-corrected chi connectivity index (χ0v) is 13.9. The number of carbonyl (C=O) groups excluding carboxylic acids is 1. The zero-order chi connectivity index (χ0) is 18.2. The Morgan fingerprint density at radius 2 is 1.88 bits per heavy atom. The van der Waals surface area contributed by atoms with Crippen molar-refractivity contribution in [3.05, 3.63) is 59.4 Å². The SMILES string of the molecule is COc1ccc(CCCC(=O)Nc2ccc(CC(=O)O)c(F)c2)cc1. The minimum atomic E-state index is -1.10. The number of halogens is 1. The first-order chi connectivity index (χ1) is 12.0. The number of nitrogens with one attached hydrogen (secondary N) is 1. The van der Waals surface area contributed by atoms with Gasteiger partial charge in [0.15, 0.2) is 0 Å². The van der Waals surface area contributed by atoms with Gasteiger partial charge in [-0.1, -0.05) is 18.2 Å². The van der Waals surface area contributed by atoms with Gasteiger partial charge in [-0.15, -0.1) is 0 Å². The molecule has 2 rings (SSSR count). The topological polar surface area (TPSA) is 75.6 Å². The summed E-state index contributed by atoms with van der Waals surface area (Å²) in [5.74, 6) is -1.17. The van der Waals surface area contributed by atoms with E-state index in [0.717, 1.165) is 23.8 Å². The van der Waals surface area contributed by atoms with Crippen LogP contribution in [0, 0.1) is 5.82 Å². The molecular weight excluding hydrogens is 325 g/mol. The highest BCUT2D eigenvalue weighted by molar-refractivity contribution is 5.90. The van der Waals surface area contributed by atoms with E-state index in [1.165, 1.54) is 12.1 Å². The molecule has 2 aromatic rings. The Morgan fingerprint density at radius 1 is 1.16 bits per heavy atom. The number of hydrogen-bond acceptors (Lipinski definition) is 3. The van der Waals surface area contributed by atoms with Crippen molar-refractivity contribution in [3.63, 3.8) is 0 Å². The monoisotopic (exact) mass is 345 g/mol. The fourth-order valence-corrected chi connectivity index (χ4v) is 2.40. The van der Waals surface area contributed by atoms with Crippen molar-refractivity contribution >= 4 is 17.6 Å². The first kappa shape index (κ1) is 18.4. The van der Waals surface area contributed by atoms with E-state index >= 15 is 0 Å². The Kier molecular flexibility index (Phi) is 6.51. The predicted octanol–water partition coefficient (Wildman–Crippen LogP) is 3.42. The van der Waals surface area contributed by atoms with E-state index in [-0.39, 0.29) is 17.9 Å². The molecule has 0 atom stereocenters. The van der Waals surface area contributed by atoms with Crippen LogP contribution < -0.4 is 10.1 Å². The zero-order valence-electron chi connectivity index (χ0n) is 13.9. The Morgan fingerprint density at radius 3 is 2.48 bits per heavy atom. The van der Waals surface area contributed by atoms with Crippen LogP contribution in [-0.4, -0.2) is 24.1 Å². The van der Waals surface area contributed by atoms with Crippen molar-refractivity contribution in [2.24, 2.45) is 0 Å². The van der Waals surface area contributed by atoms with Crippen LogP contribution in [0.15, 0.2) is 42.5 Å². The van der Waals surface area contributed by atoms with E-state index in [1.54, 1.807) is 7.11 Å². The van der Waals surface area contributed by atoms with E-state index in [4.69, 9.17) is 9.84 Å². The molecule has 2 aromatic carbocycles. The number of benzene rings is 2. The molecule has 1 amide bonds. The number of aliphatic carboxylic acids is 1. The number of ether oxygens (including phenoxy) is 1.